The Hall–Kier alpha value is -0.380. The molecule has 1 heterocycles. The predicted octanol–water partition coefficient (Wildman–Crippen LogP) is 1.95. The van der Waals surface area contributed by atoms with Gasteiger partial charge in [-0.2, -0.15) is 0 Å². The molecule has 1 atom stereocenters. The van der Waals surface area contributed by atoms with Crippen molar-refractivity contribution in [1.29, 1.82) is 0 Å². The molecule has 0 aromatic carbocycles. The SMILES string of the molecule is CC(O)CCN(C)Cc1cccs1. The minimum Gasteiger partial charge on any atom is -0.393 e. The first-order valence-corrected chi connectivity index (χ1v) is 5.45. The van der Waals surface area contributed by atoms with Crippen LogP contribution < -0.4 is 0 Å². The summed E-state index contributed by atoms with van der Waals surface area (Å²) in [5.74, 6) is 0. The van der Waals surface area contributed by atoms with E-state index in [0.29, 0.717) is 0 Å². The van der Waals surface area contributed by atoms with Gasteiger partial charge in [0.25, 0.3) is 0 Å². The first-order chi connectivity index (χ1) is 6.18. The fourth-order valence-corrected chi connectivity index (χ4v) is 1.94. The van der Waals surface area contributed by atoms with Gasteiger partial charge in [-0.05, 0) is 31.8 Å². The molecular weight excluding hydrogens is 182 g/mol. The summed E-state index contributed by atoms with van der Waals surface area (Å²) in [7, 11) is 2.09. The fourth-order valence-electron chi connectivity index (χ4n) is 1.15. The summed E-state index contributed by atoms with van der Waals surface area (Å²) >= 11 is 1.78. The average molecular weight is 199 g/mol. The lowest BCUT2D eigenvalue weighted by Gasteiger charge is -2.16. The Morgan fingerprint density at radius 2 is 2.38 bits per heavy atom. The van der Waals surface area contributed by atoms with Gasteiger partial charge in [0.05, 0.1) is 6.10 Å². The Morgan fingerprint density at radius 1 is 1.62 bits per heavy atom. The molecule has 0 saturated heterocycles. The summed E-state index contributed by atoms with van der Waals surface area (Å²) in [6, 6.07) is 4.21. The second kappa shape index (κ2) is 5.37. The summed E-state index contributed by atoms with van der Waals surface area (Å²) in [6.45, 7) is 3.78. The predicted molar refractivity (Wildman–Crippen MR) is 57.0 cm³/mol. The van der Waals surface area contributed by atoms with Crippen molar-refractivity contribution in [3.05, 3.63) is 22.4 Å². The molecule has 0 fully saturated rings. The van der Waals surface area contributed by atoms with Crippen LogP contribution in [0.15, 0.2) is 17.5 Å². The molecule has 1 rings (SSSR count). The molecule has 3 heteroatoms. The van der Waals surface area contributed by atoms with Gasteiger partial charge in [0.1, 0.15) is 0 Å². The van der Waals surface area contributed by atoms with Crippen molar-refractivity contribution in [2.45, 2.75) is 26.0 Å². The van der Waals surface area contributed by atoms with Crippen molar-refractivity contribution in [3.63, 3.8) is 0 Å². The highest BCUT2D eigenvalue weighted by molar-refractivity contribution is 7.09. The fraction of sp³-hybridized carbons (Fsp3) is 0.600. The highest BCUT2D eigenvalue weighted by Crippen LogP contribution is 2.10. The monoisotopic (exact) mass is 199 g/mol. The van der Waals surface area contributed by atoms with Crippen LogP contribution in [-0.4, -0.2) is 29.7 Å². The van der Waals surface area contributed by atoms with Gasteiger partial charge in [-0.25, -0.2) is 0 Å². The van der Waals surface area contributed by atoms with Gasteiger partial charge in [0, 0.05) is 18.0 Å². The van der Waals surface area contributed by atoms with E-state index in [9.17, 15) is 0 Å². The van der Waals surface area contributed by atoms with E-state index < -0.39 is 0 Å². The maximum absolute atomic E-state index is 9.10. The zero-order valence-corrected chi connectivity index (χ0v) is 9.05. The first-order valence-electron chi connectivity index (χ1n) is 4.57. The molecule has 2 nitrogen and oxygen atoms in total. The van der Waals surface area contributed by atoms with Crippen molar-refractivity contribution in [3.8, 4) is 0 Å². The number of nitrogens with zero attached hydrogens (tertiary/aromatic N) is 1. The number of aliphatic hydroxyl groups excluding tert-OH is 1. The van der Waals surface area contributed by atoms with Crippen LogP contribution in [0.3, 0.4) is 0 Å². The molecule has 1 aromatic heterocycles. The lowest BCUT2D eigenvalue weighted by molar-refractivity contribution is 0.163. The maximum atomic E-state index is 9.10. The highest BCUT2D eigenvalue weighted by atomic mass is 32.1. The number of rotatable bonds is 5. The number of aliphatic hydroxyl groups is 1. The first kappa shape index (κ1) is 10.7. The summed E-state index contributed by atoms with van der Waals surface area (Å²) < 4.78 is 0. The summed E-state index contributed by atoms with van der Waals surface area (Å²) in [6.07, 6.45) is 0.660. The summed E-state index contributed by atoms with van der Waals surface area (Å²) in [5, 5.41) is 11.2. The quantitative estimate of drug-likeness (QED) is 0.783. The Kier molecular flexibility index (Phi) is 4.42. The van der Waals surface area contributed by atoms with Crippen molar-refractivity contribution in [1.82, 2.24) is 4.90 Å². The van der Waals surface area contributed by atoms with Crippen LogP contribution in [0.2, 0.25) is 0 Å². The standard InChI is InChI=1S/C10H17NOS/c1-9(12)5-6-11(2)8-10-4-3-7-13-10/h3-4,7,9,12H,5-6,8H2,1-2H3. The van der Waals surface area contributed by atoms with Gasteiger partial charge in [0.15, 0.2) is 0 Å². The lowest BCUT2D eigenvalue weighted by Crippen LogP contribution is -2.21. The molecule has 0 bridgehead atoms. The lowest BCUT2D eigenvalue weighted by atomic mass is 10.3. The third-order valence-electron chi connectivity index (χ3n) is 1.93. The van der Waals surface area contributed by atoms with Crippen molar-refractivity contribution in [2.24, 2.45) is 0 Å². The van der Waals surface area contributed by atoms with Crippen molar-refractivity contribution >= 4 is 11.3 Å². The summed E-state index contributed by atoms with van der Waals surface area (Å²) in [4.78, 5) is 3.62. The molecule has 1 unspecified atom stereocenters. The molecule has 0 saturated carbocycles. The average Bonchev–Trinajstić information content (AvgIpc) is 2.53. The molecule has 0 radical (unpaired) electrons. The van der Waals surface area contributed by atoms with Crippen LogP contribution in [-0.2, 0) is 6.54 Å². The van der Waals surface area contributed by atoms with E-state index >= 15 is 0 Å². The molecule has 13 heavy (non-hydrogen) atoms. The molecule has 1 N–H and O–H groups in total. The van der Waals surface area contributed by atoms with Crippen molar-refractivity contribution < 1.29 is 5.11 Å². The Labute approximate surface area is 83.8 Å². The van der Waals surface area contributed by atoms with Gasteiger partial charge in [0.2, 0.25) is 0 Å². The Bertz CT molecular complexity index is 221. The smallest absolute Gasteiger partial charge is 0.0524 e. The number of thiophene rings is 1. The molecule has 1 aromatic rings. The molecule has 74 valence electrons. The Morgan fingerprint density at radius 3 is 2.92 bits per heavy atom. The maximum Gasteiger partial charge on any atom is 0.0524 e. The molecule has 0 amide bonds. The van der Waals surface area contributed by atoms with Crippen LogP contribution >= 0.6 is 11.3 Å². The van der Waals surface area contributed by atoms with E-state index in [0.717, 1.165) is 19.5 Å². The largest absolute Gasteiger partial charge is 0.393 e. The van der Waals surface area contributed by atoms with E-state index in [1.807, 2.05) is 6.92 Å². The third kappa shape index (κ3) is 4.41. The second-order valence-electron chi connectivity index (χ2n) is 3.45. The molecule has 0 spiro atoms. The normalized spacial score (nSPS) is 13.5. The van der Waals surface area contributed by atoms with Crippen LogP contribution in [0.25, 0.3) is 0 Å². The molecule has 0 aliphatic carbocycles. The van der Waals surface area contributed by atoms with E-state index in [4.69, 9.17) is 5.11 Å². The van der Waals surface area contributed by atoms with Gasteiger partial charge < -0.3 is 10.0 Å². The van der Waals surface area contributed by atoms with E-state index in [-0.39, 0.29) is 6.10 Å². The van der Waals surface area contributed by atoms with Crippen LogP contribution in [0.5, 0.6) is 0 Å². The van der Waals surface area contributed by atoms with Crippen LogP contribution in [0, 0.1) is 0 Å². The minimum absolute atomic E-state index is 0.189. The summed E-state index contributed by atoms with van der Waals surface area (Å²) in [5.41, 5.74) is 0. The van der Waals surface area contributed by atoms with Crippen LogP contribution in [0.1, 0.15) is 18.2 Å². The van der Waals surface area contributed by atoms with Gasteiger partial charge in [-0.15, -0.1) is 11.3 Å². The minimum atomic E-state index is -0.189. The van der Waals surface area contributed by atoms with E-state index in [1.54, 1.807) is 11.3 Å². The molecular formula is C10H17NOS. The van der Waals surface area contributed by atoms with Gasteiger partial charge in [-0.1, -0.05) is 6.07 Å². The topological polar surface area (TPSA) is 23.5 Å². The number of hydrogen-bond donors (Lipinski definition) is 1. The number of hydrogen-bond acceptors (Lipinski definition) is 3. The molecule has 0 aliphatic rings. The van der Waals surface area contributed by atoms with Crippen LogP contribution in [0.4, 0.5) is 0 Å². The zero-order valence-electron chi connectivity index (χ0n) is 8.23. The highest BCUT2D eigenvalue weighted by Gasteiger charge is 2.02. The van der Waals surface area contributed by atoms with Gasteiger partial charge >= 0.3 is 0 Å². The van der Waals surface area contributed by atoms with Crippen molar-refractivity contribution in [2.75, 3.05) is 13.6 Å². The van der Waals surface area contributed by atoms with E-state index in [2.05, 4.69) is 29.5 Å². The second-order valence-corrected chi connectivity index (χ2v) is 4.49. The van der Waals surface area contributed by atoms with E-state index in [1.165, 1.54) is 4.88 Å². The zero-order chi connectivity index (χ0) is 9.68. The molecule has 0 aliphatic heterocycles. The van der Waals surface area contributed by atoms with Gasteiger partial charge in [-0.3, -0.25) is 0 Å². The third-order valence-corrected chi connectivity index (χ3v) is 2.80. The Balaban J connectivity index is 2.22.